The zero-order valence-electron chi connectivity index (χ0n) is 12.9. The largest absolute Gasteiger partial charge is 0.444 e. The van der Waals surface area contributed by atoms with Crippen LogP contribution in [0, 0.1) is 0 Å². The van der Waals surface area contributed by atoms with E-state index in [1.54, 1.807) is 32.5 Å². The van der Waals surface area contributed by atoms with E-state index < -0.39 is 11.7 Å². The molecule has 6 heteroatoms. The number of carbonyl (C=O) groups is 2. The summed E-state index contributed by atoms with van der Waals surface area (Å²) in [4.78, 5) is 23.2. The number of thioether (sulfide) groups is 1. The van der Waals surface area contributed by atoms with Crippen LogP contribution in [-0.2, 0) is 15.3 Å². The fourth-order valence-corrected chi connectivity index (χ4v) is 2.09. The third-order valence-electron chi connectivity index (χ3n) is 2.31. The van der Waals surface area contributed by atoms with E-state index in [1.807, 2.05) is 30.5 Å². The molecule has 2 N–H and O–H groups in total. The number of hydrogen-bond donors (Lipinski definition) is 2. The molecule has 0 spiro atoms. The second-order valence-electron chi connectivity index (χ2n) is 5.54. The molecule has 0 radical (unpaired) electrons. The van der Waals surface area contributed by atoms with Gasteiger partial charge in [-0.25, -0.2) is 4.79 Å². The Balaban J connectivity index is 2.43. The lowest BCUT2D eigenvalue weighted by atomic mass is 10.2. The van der Waals surface area contributed by atoms with E-state index in [0.717, 1.165) is 17.0 Å². The molecule has 1 aromatic carbocycles. The van der Waals surface area contributed by atoms with Gasteiger partial charge in [0.25, 0.3) is 0 Å². The molecule has 1 aromatic rings. The standard InChI is InChI=1S/C15H22N2O3S/c1-15(2,3)20-14(19)16-9-13(18)17-12-7-5-6-11(8-12)10-21-4/h5-8H,9-10H2,1-4H3,(H,16,19)(H,17,18). The van der Waals surface area contributed by atoms with Crippen LogP contribution in [0.4, 0.5) is 10.5 Å². The fourth-order valence-electron chi connectivity index (χ4n) is 1.58. The number of amides is 2. The third kappa shape index (κ3) is 7.60. The van der Waals surface area contributed by atoms with Crippen molar-refractivity contribution in [2.75, 3.05) is 18.1 Å². The van der Waals surface area contributed by atoms with Crippen molar-refractivity contribution in [3.8, 4) is 0 Å². The molecule has 0 saturated carbocycles. The van der Waals surface area contributed by atoms with Crippen molar-refractivity contribution in [3.05, 3.63) is 29.8 Å². The summed E-state index contributed by atoms with van der Waals surface area (Å²) < 4.78 is 5.06. The molecular formula is C15H22N2O3S. The van der Waals surface area contributed by atoms with Crippen molar-refractivity contribution in [2.24, 2.45) is 0 Å². The smallest absolute Gasteiger partial charge is 0.408 e. The molecule has 0 aliphatic carbocycles. The van der Waals surface area contributed by atoms with Crippen LogP contribution >= 0.6 is 11.8 Å². The maximum absolute atomic E-state index is 11.8. The monoisotopic (exact) mass is 310 g/mol. The van der Waals surface area contributed by atoms with Crippen LogP contribution < -0.4 is 10.6 Å². The van der Waals surface area contributed by atoms with Crippen molar-refractivity contribution in [2.45, 2.75) is 32.1 Å². The normalized spacial score (nSPS) is 10.9. The fraction of sp³-hybridized carbons (Fsp3) is 0.467. The number of benzene rings is 1. The van der Waals surface area contributed by atoms with Gasteiger partial charge in [0, 0.05) is 11.4 Å². The van der Waals surface area contributed by atoms with Gasteiger partial charge in [-0.2, -0.15) is 11.8 Å². The number of alkyl carbamates (subject to hydrolysis) is 1. The van der Waals surface area contributed by atoms with Gasteiger partial charge in [0.15, 0.2) is 0 Å². The number of nitrogens with one attached hydrogen (secondary N) is 2. The van der Waals surface area contributed by atoms with Gasteiger partial charge in [0.05, 0.1) is 0 Å². The zero-order chi connectivity index (χ0) is 15.9. The van der Waals surface area contributed by atoms with E-state index in [-0.39, 0.29) is 12.5 Å². The number of anilines is 1. The van der Waals surface area contributed by atoms with E-state index in [9.17, 15) is 9.59 Å². The second-order valence-corrected chi connectivity index (χ2v) is 6.40. The maximum atomic E-state index is 11.8. The molecule has 116 valence electrons. The Kier molecular flexibility index (Phi) is 6.55. The summed E-state index contributed by atoms with van der Waals surface area (Å²) in [7, 11) is 0. The van der Waals surface area contributed by atoms with Gasteiger partial charge in [-0.05, 0) is 44.7 Å². The van der Waals surface area contributed by atoms with Crippen LogP contribution in [0.15, 0.2) is 24.3 Å². The third-order valence-corrected chi connectivity index (χ3v) is 2.94. The lowest BCUT2D eigenvalue weighted by Crippen LogP contribution is -2.37. The van der Waals surface area contributed by atoms with Crippen molar-refractivity contribution in [3.63, 3.8) is 0 Å². The highest BCUT2D eigenvalue weighted by molar-refractivity contribution is 7.97. The van der Waals surface area contributed by atoms with Crippen molar-refractivity contribution < 1.29 is 14.3 Å². The first-order valence-corrected chi connectivity index (χ1v) is 8.04. The van der Waals surface area contributed by atoms with E-state index in [0.29, 0.717) is 0 Å². The van der Waals surface area contributed by atoms with Gasteiger partial charge in [-0.1, -0.05) is 12.1 Å². The van der Waals surface area contributed by atoms with E-state index >= 15 is 0 Å². The summed E-state index contributed by atoms with van der Waals surface area (Å²) in [5.41, 5.74) is 1.28. The molecule has 0 bridgehead atoms. The van der Waals surface area contributed by atoms with Crippen LogP contribution in [0.3, 0.4) is 0 Å². The van der Waals surface area contributed by atoms with Crippen LogP contribution in [0.1, 0.15) is 26.3 Å². The molecular weight excluding hydrogens is 288 g/mol. The van der Waals surface area contributed by atoms with Crippen LogP contribution in [0.2, 0.25) is 0 Å². The van der Waals surface area contributed by atoms with Gasteiger partial charge in [-0.3, -0.25) is 4.79 Å². The summed E-state index contributed by atoms with van der Waals surface area (Å²) in [6, 6.07) is 7.63. The predicted octanol–water partition coefficient (Wildman–Crippen LogP) is 3.01. The molecule has 1 rings (SSSR count). The van der Waals surface area contributed by atoms with Crippen LogP contribution in [0.25, 0.3) is 0 Å². The molecule has 0 aliphatic rings. The SMILES string of the molecule is CSCc1cccc(NC(=O)CNC(=O)OC(C)(C)C)c1. The first kappa shape index (κ1) is 17.4. The van der Waals surface area contributed by atoms with E-state index in [2.05, 4.69) is 10.6 Å². The Labute approximate surface area is 129 Å². The molecule has 0 heterocycles. The molecule has 2 amide bonds. The molecule has 0 unspecified atom stereocenters. The minimum absolute atomic E-state index is 0.123. The van der Waals surface area contributed by atoms with E-state index in [1.165, 1.54) is 0 Å². The second kappa shape index (κ2) is 7.93. The Morgan fingerprint density at radius 1 is 1.29 bits per heavy atom. The predicted molar refractivity (Wildman–Crippen MR) is 86.5 cm³/mol. The quantitative estimate of drug-likeness (QED) is 0.877. The lowest BCUT2D eigenvalue weighted by molar-refractivity contribution is -0.115. The lowest BCUT2D eigenvalue weighted by Gasteiger charge is -2.19. The number of ether oxygens (including phenoxy) is 1. The molecule has 5 nitrogen and oxygen atoms in total. The first-order chi connectivity index (χ1) is 9.80. The summed E-state index contributed by atoms with van der Waals surface area (Å²) in [5.74, 6) is 0.599. The van der Waals surface area contributed by atoms with Gasteiger partial charge in [0.2, 0.25) is 5.91 Å². The van der Waals surface area contributed by atoms with Crippen molar-refractivity contribution in [1.29, 1.82) is 0 Å². The van der Waals surface area contributed by atoms with Crippen molar-refractivity contribution in [1.82, 2.24) is 5.32 Å². The highest BCUT2D eigenvalue weighted by atomic mass is 32.2. The Morgan fingerprint density at radius 3 is 2.62 bits per heavy atom. The molecule has 0 fully saturated rings. The first-order valence-electron chi connectivity index (χ1n) is 6.65. The topological polar surface area (TPSA) is 67.4 Å². The molecule has 0 aromatic heterocycles. The maximum Gasteiger partial charge on any atom is 0.408 e. The molecule has 0 atom stereocenters. The van der Waals surface area contributed by atoms with E-state index in [4.69, 9.17) is 4.74 Å². The van der Waals surface area contributed by atoms with Crippen molar-refractivity contribution >= 4 is 29.4 Å². The molecule has 0 aliphatic heterocycles. The minimum Gasteiger partial charge on any atom is -0.444 e. The van der Waals surface area contributed by atoms with Gasteiger partial charge in [-0.15, -0.1) is 0 Å². The highest BCUT2D eigenvalue weighted by Crippen LogP contribution is 2.14. The Morgan fingerprint density at radius 2 is 2.00 bits per heavy atom. The summed E-state index contributed by atoms with van der Waals surface area (Å²) >= 11 is 1.72. The average molecular weight is 310 g/mol. The van der Waals surface area contributed by atoms with Gasteiger partial charge in [0.1, 0.15) is 12.1 Å². The summed E-state index contributed by atoms with van der Waals surface area (Å²) in [6.07, 6.45) is 1.42. The summed E-state index contributed by atoms with van der Waals surface area (Å²) in [6.45, 7) is 5.18. The number of rotatable bonds is 5. The molecule has 21 heavy (non-hydrogen) atoms. The summed E-state index contributed by atoms with van der Waals surface area (Å²) in [5, 5.41) is 5.16. The van der Waals surface area contributed by atoms with Gasteiger partial charge < -0.3 is 15.4 Å². The minimum atomic E-state index is -0.603. The zero-order valence-corrected chi connectivity index (χ0v) is 13.7. The number of carbonyl (C=O) groups excluding carboxylic acids is 2. The van der Waals surface area contributed by atoms with Crippen LogP contribution in [-0.4, -0.2) is 30.4 Å². The average Bonchev–Trinajstić information content (AvgIpc) is 2.35. The molecule has 0 saturated heterocycles. The Bertz CT molecular complexity index is 498. The Hall–Kier alpha value is -1.69. The van der Waals surface area contributed by atoms with Gasteiger partial charge >= 0.3 is 6.09 Å². The van der Waals surface area contributed by atoms with Crippen LogP contribution in [0.5, 0.6) is 0 Å². The highest BCUT2D eigenvalue weighted by Gasteiger charge is 2.16. The number of hydrogen-bond acceptors (Lipinski definition) is 4.